The molecule has 0 aliphatic carbocycles. The number of rotatable bonds is 5. The molecule has 4 aromatic rings. The molecule has 9 heteroatoms. The van der Waals surface area contributed by atoms with Gasteiger partial charge in [-0.15, -0.1) is 0 Å². The van der Waals surface area contributed by atoms with Crippen molar-refractivity contribution >= 4 is 50.8 Å². The van der Waals surface area contributed by atoms with Gasteiger partial charge in [-0.2, -0.15) is 0 Å². The summed E-state index contributed by atoms with van der Waals surface area (Å²) < 4.78 is 17.0. The van der Waals surface area contributed by atoms with Crippen LogP contribution in [0.15, 0.2) is 53.6 Å². The van der Waals surface area contributed by atoms with E-state index in [-0.39, 0.29) is 32.9 Å². The number of carbonyl (C=O) groups is 1. The number of anilines is 2. The van der Waals surface area contributed by atoms with Crippen LogP contribution in [0.25, 0.3) is 21.8 Å². The van der Waals surface area contributed by atoms with E-state index in [1.54, 1.807) is 13.1 Å². The fraction of sp³-hybridized carbons (Fsp3) is 0.240. The maximum atomic E-state index is 15.4. The van der Waals surface area contributed by atoms with Crippen LogP contribution >= 0.6 is 11.6 Å². The Morgan fingerprint density at radius 1 is 1.32 bits per heavy atom. The molecule has 1 atom stereocenters. The number of nitrogens with zero attached hydrogens (tertiary/aromatic N) is 3. The Morgan fingerprint density at radius 3 is 2.82 bits per heavy atom. The molecule has 0 bridgehead atoms. The van der Waals surface area contributed by atoms with Crippen LogP contribution < -0.4 is 15.6 Å². The van der Waals surface area contributed by atoms with Gasteiger partial charge in [0.1, 0.15) is 16.1 Å². The molecule has 0 radical (unpaired) electrons. The number of pyridine rings is 2. The minimum Gasteiger partial charge on any atom is -0.477 e. The van der Waals surface area contributed by atoms with Crippen molar-refractivity contribution in [3.8, 4) is 0 Å². The van der Waals surface area contributed by atoms with Crippen molar-refractivity contribution in [1.29, 1.82) is 0 Å². The first-order chi connectivity index (χ1) is 16.4. The van der Waals surface area contributed by atoms with Crippen molar-refractivity contribution in [3.63, 3.8) is 0 Å². The average molecular weight is 481 g/mol. The van der Waals surface area contributed by atoms with Crippen molar-refractivity contribution in [1.82, 2.24) is 9.55 Å². The monoisotopic (exact) mass is 480 g/mol. The molecule has 1 aliphatic heterocycles. The standard InChI is InChI=1S/C25H22ClFN4O3/c1-30-13-17(25(33)34)24(32)20-16-10-18(21(26)22(27)23(16)29-12-19(20)30)31-9-5-8-15(31)11-28-14-6-3-2-4-7-14/h2-4,6-7,10,12-13,15,28H,5,8-9,11H2,1H3,(H,33,34)/t15-/m0/s1. The first-order valence-electron chi connectivity index (χ1n) is 11.0. The van der Waals surface area contributed by atoms with Gasteiger partial charge in [0.05, 0.1) is 22.8 Å². The maximum Gasteiger partial charge on any atom is 0.341 e. The topological polar surface area (TPSA) is 87.5 Å². The highest BCUT2D eigenvalue weighted by Gasteiger charge is 2.29. The van der Waals surface area contributed by atoms with E-state index in [4.69, 9.17) is 11.6 Å². The minimum absolute atomic E-state index is 0.0564. The van der Waals surface area contributed by atoms with Gasteiger partial charge in [-0.25, -0.2) is 9.18 Å². The Labute approximate surface area is 199 Å². The number of hydrogen-bond donors (Lipinski definition) is 2. The van der Waals surface area contributed by atoms with Crippen LogP contribution in [0.5, 0.6) is 0 Å². The van der Waals surface area contributed by atoms with E-state index in [0.29, 0.717) is 24.3 Å². The Balaban J connectivity index is 1.65. The van der Waals surface area contributed by atoms with E-state index >= 15 is 4.39 Å². The number of carboxylic acids is 1. The fourth-order valence-corrected chi connectivity index (χ4v) is 4.98. The van der Waals surface area contributed by atoms with E-state index in [9.17, 15) is 14.7 Å². The third kappa shape index (κ3) is 3.64. The molecule has 174 valence electrons. The van der Waals surface area contributed by atoms with E-state index in [1.165, 1.54) is 17.0 Å². The van der Waals surface area contributed by atoms with E-state index in [1.807, 2.05) is 35.2 Å². The number of halogens is 2. The van der Waals surface area contributed by atoms with Gasteiger partial charge >= 0.3 is 5.97 Å². The Kier molecular flexibility index (Phi) is 5.61. The van der Waals surface area contributed by atoms with E-state index in [2.05, 4.69) is 10.3 Å². The van der Waals surface area contributed by atoms with Crippen molar-refractivity contribution in [2.24, 2.45) is 7.05 Å². The number of nitrogens with one attached hydrogen (secondary N) is 1. The molecule has 5 rings (SSSR count). The van der Waals surface area contributed by atoms with E-state index < -0.39 is 17.2 Å². The van der Waals surface area contributed by atoms with Crippen LogP contribution in [0.1, 0.15) is 23.2 Å². The molecule has 0 unspecified atom stereocenters. The molecular formula is C25H22ClFN4O3. The zero-order chi connectivity index (χ0) is 24.0. The summed E-state index contributed by atoms with van der Waals surface area (Å²) in [7, 11) is 1.63. The van der Waals surface area contributed by atoms with Crippen LogP contribution in [-0.4, -0.2) is 39.8 Å². The quantitative estimate of drug-likeness (QED) is 0.404. The van der Waals surface area contributed by atoms with Crippen LogP contribution in [0.2, 0.25) is 5.02 Å². The molecule has 34 heavy (non-hydrogen) atoms. The average Bonchev–Trinajstić information content (AvgIpc) is 3.30. The number of benzene rings is 2. The zero-order valence-electron chi connectivity index (χ0n) is 18.4. The van der Waals surface area contributed by atoms with Gasteiger partial charge in [-0.3, -0.25) is 9.78 Å². The summed E-state index contributed by atoms with van der Waals surface area (Å²) in [6.45, 7) is 1.32. The lowest BCUT2D eigenvalue weighted by atomic mass is 10.0. The van der Waals surface area contributed by atoms with Crippen molar-refractivity contribution in [2.45, 2.75) is 18.9 Å². The predicted molar refractivity (Wildman–Crippen MR) is 132 cm³/mol. The third-order valence-electron chi connectivity index (χ3n) is 6.41. The van der Waals surface area contributed by atoms with Crippen LogP contribution in [-0.2, 0) is 7.05 Å². The molecule has 2 N–H and O–H groups in total. The largest absolute Gasteiger partial charge is 0.477 e. The SMILES string of the molecule is Cn1cc(C(=O)O)c(=O)c2c3cc(N4CCC[C@H]4CNc4ccccc4)c(Cl)c(F)c3ncc21. The molecule has 0 saturated carbocycles. The van der Waals surface area contributed by atoms with Crippen molar-refractivity contribution in [3.05, 3.63) is 75.4 Å². The molecule has 0 spiro atoms. The minimum atomic E-state index is -1.34. The molecule has 2 aromatic heterocycles. The van der Waals surface area contributed by atoms with E-state index in [0.717, 1.165) is 18.5 Å². The van der Waals surface area contributed by atoms with Gasteiger partial charge < -0.3 is 19.9 Å². The molecule has 1 fully saturated rings. The molecule has 7 nitrogen and oxygen atoms in total. The van der Waals surface area contributed by atoms with Crippen LogP contribution in [0, 0.1) is 5.82 Å². The fourth-order valence-electron chi connectivity index (χ4n) is 4.73. The van der Waals surface area contributed by atoms with Crippen LogP contribution in [0.4, 0.5) is 15.8 Å². The lowest BCUT2D eigenvalue weighted by Gasteiger charge is -2.29. The Bertz CT molecular complexity index is 1490. The second kappa shape index (κ2) is 8.61. The van der Waals surface area contributed by atoms with Gasteiger partial charge in [-0.1, -0.05) is 29.8 Å². The second-order valence-electron chi connectivity index (χ2n) is 8.46. The Morgan fingerprint density at radius 2 is 2.09 bits per heavy atom. The smallest absolute Gasteiger partial charge is 0.341 e. The molecule has 2 aromatic carbocycles. The lowest BCUT2D eigenvalue weighted by Crippen LogP contribution is -2.35. The number of fused-ring (bicyclic) bond motifs is 3. The zero-order valence-corrected chi connectivity index (χ0v) is 19.1. The highest BCUT2D eigenvalue weighted by atomic mass is 35.5. The highest BCUT2D eigenvalue weighted by Crippen LogP contribution is 2.39. The number of para-hydroxylation sites is 1. The molecule has 3 heterocycles. The normalized spacial score (nSPS) is 15.9. The Hall–Kier alpha value is -3.65. The summed E-state index contributed by atoms with van der Waals surface area (Å²) in [5.41, 5.74) is 0.763. The van der Waals surface area contributed by atoms with Crippen molar-refractivity contribution < 1.29 is 14.3 Å². The lowest BCUT2D eigenvalue weighted by molar-refractivity contribution is 0.0695. The van der Waals surface area contributed by atoms with Gasteiger partial charge in [0, 0.05) is 43.4 Å². The number of aromatic carboxylic acids is 1. The summed E-state index contributed by atoms with van der Waals surface area (Å²) >= 11 is 6.48. The van der Waals surface area contributed by atoms with Crippen LogP contribution in [0.3, 0.4) is 0 Å². The highest BCUT2D eigenvalue weighted by molar-refractivity contribution is 6.34. The van der Waals surface area contributed by atoms with Gasteiger partial charge in [0.25, 0.3) is 0 Å². The maximum absolute atomic E-state index is 15.4. The third-order valence-corrected chi connectivity index (χ3v) is 6.77. The molecule has 1 aliphatic rings. The van der Waals surface area contributed by atoms with Crippen molar-refractivity contribution in [2.75, 3.05) is 23.3 Å². The van der Waals surface area contributed by atoms with Gasteiger partial charge in [0.2, 0.25) is 5.43 Å². The predicted octanol–water partition coefficient (Wildman–Crippen LogP) is 4.66. The number of carboxylic acid groups (broad SMARTS) is 1. The molecule has 1 saturated heterocycles. The first-order valence-corrected chi connectivity index (χ1v) is 11.3. The molecule has 0 amide bonds. The number of aromatic nitrogens is 2. The summed E-state index contributed by atoms with van der Waals surface area (Å²) in [5.74, 6) is -2.06. The number of hydrogen-bond acceptors (Lipinski definition) is 5. The summed E-state index contributed by atoms with van der Waals surface area (Å²) in [6.07, 6.45) is 4.43. The summed E-state index contributed by atoms with van der Waals surface area (Å²) in [5, 5.41) is 13.2. The first kappa shape index (κ1) is 22.2. The second-order valence-corrected chi connectivity index (χ2v) is 8.84. The number of aryl methyl sites for hydroxylation is 1. The molecular weight excluding hydrogens is 459 g/mol. The summed E-state index contributed by atoms with van der Waals surface area (Å²) in [4.78, 5) is 31.0. The van der Waals surface area contributed by atoms with Gasteiger partial charge in [-0.05, 0) is 31.0 Å². The summed E-state index contributed by atoms with van der Waals surface area (Å²) in [6, 6.07) is 11.6. The van der Waals surface area contributed by atoms with Gasteiger partial charge in [0.15, 0.2) is 5.82 Å².